The van der Waals surface area contributed by atoms with Crippen LogP contribution in [0.4, 0.5) is 10.5 Å². The van der Waals surface area contributed by atoms with Crippen LogP contribution < -0.4 is 15.4 Å². The van der Waals surface area contributed by atoms with E-state index in [0.29, 0.717) is 11.7 Å². The summed E-state index contributed by atoms with van der Waals surface area (Å²) in [5, 5.41) is 6.41. The molecule has 0 atom stereocenters. The number of carbonyl (C=O) groups excluding carboxylic acids is 1. The maximum absolute atomic E-state index is 12.2. The largest absolute Gasteiger partial charge is 0.496 e. The van der Waals surface area contributed by atoms with Crippen molar-refractivity contribution in [2.75, 3.05) is 12.4 Å². The van der Waals surface area contributed by atoms with Crippen molar-refractivity contribution in [1.29, 1.82) is 0 Å². The Balaban J connectivity index is 1.59. The van der Waals surface area contributed by atoms with Gasteiger partial charge in [-0.3, -0.25) is 0 Å². The van der Waals surface area contributed by atoms with Crippen LogP contribution in [0.15, 0.2) is 71.0 Å². The Kier molecular flexibility index (Phi) is 6.27. The van der Waals surface area contributed by atoms with E-state index in [4.69, 9.17) is 4.74 Å². The van der Waals surface area contributed by atoms with Crippen molar-refractivity contribution in [3.63, 3.8) is 0 Å². The zero-order chi connectivity index (χ0) is 19.1. The number of ether oxygens (including phenoxy) is 1. The molecule has 0 aliphatic rings. The van der Waals surface area contributed by atoms with E-state index in [-0.39, 0.29) is 6.03 Å². The lowest BCUT2D eigenvalue weighted by Crippen LogP contribution is -2.28. The number of hydrogen-bond acceptors (Lipinski definition) is 5. The van der Waals surface area contributed by atoms with Crippen molar-refractivity contribution >= 4 is 23.5 Å². The van der Waals surface area contributed by atoms with E-state index in [1.165, 1.54) is 11.8 Å². The van der Waals surface area contributed by atoms with Crippen molar-refractivity contribution < 1.29 is 9.53 Å². The second-order valence-corrected chi connectivity index (χ2v) is 6.77. The first kappa shape index (κ1) is 18.7. The minimum atomic E-state index is -0.268. The summed E-state index contributed by atoms with van der Waals surface area (Å²) in [6.07, 6.45) is 3.42. The summed E-state index contributed by atoms with van der Waals surface area (Å²) in [7, 11) is 1.61. The molecule has 0 bridgehead atoms. The standard InChI is InChI=1S/C20H20N4O2S/c1-14-12-16(27-20-21-10-5-11-22-20)8-9-17(14)24-19(25)23-13-15-6-3-4-7-18(15)26-2/h3-12H,13H2,1-2H3,(H2,23,24,25). The summed E-state index contributed by atoms with van der Waals surface area (Å²) in [6.45, 7) is 2.33. The van der Waals surface area contributed by atoms with Crippen molar-refractivity contribution in [3.8, 4) is 5.75 Å². The number of hydrogen-bond donors (Lipinski definition) is 2. The van der Waals surface area contributed by atoms with Gasteiger partial charge in [-0.2, -0.15) is 0 Å². The number of aromatic nitrogens is 2. The maximum atomic E-state index is 12.2. The number of anilines is 1. The number of aryl methyl sites for hydroxylation is 1. The Bertz CT molecular complexity index is 919. The normalized spacial score (nSPS) is 10.3. The second-order valence-electron chi connectivity index (χ2n) is 5.73. The van der Waals surface area contributed by atoms with Crippen LogP contribution in [0, 0.1) is 6.92 Å². The first-order chi connectivity index (χ1) is 13.2. The van der Waals surface area contributed by atoms with E-state index in [2.05, 4.69) is 20.6 Å². The minimum absolute atomic E-state index is 0.268. The van der Waals surface area contributed by atoms with Gasteiger partial charge in [0.15, 0.2) is 5.16 Å². The van der Waals surface area contributed by atoms with Gasteiger partial charge in [0, 0.05) is 35.1 Å². The number of rotatable bonds is 6. The molecule has 1 heterocycles. The van der Waals surface area contributed by atoms with Crippen molar-refractivity contribution in [2.45, 2.75) is 23.5 Å². The van der Waals surface area contributed by atoms with Crippen LogP contribution in [-0.2, 0) is 6.54 Å². The molecule has 2 amide bonds. The van der Waals surface area contributed by atoms with Gasteiger partial charge in [0.1, 0.15) is 5.75 Å². The highest BCUT2D eigenvalue weighted by Crippen LogP contribution is 2.27. The summed E-state index contributed by atoms with van der Waals surface area (Å²) >= 11 is 1.48. The fraction of sp³-hybridized carbons (Fsp3) is 0.150. The highest BCUT2D eigenvalue weighted by atomic mass is 32.2. The fourth-order valence-corrected chi connectivity index (χ4v) is 3.28. The monoisotopic (exact) mass is 380 g/mol. The molecular weight excluding hydrogens is 360 g/mol. The van der Waals surface area contributed by atoms with E-state index in [0.717, 1.165) is 27.5 Å². The van der Waals surface area contributed by atoms with Crippen molar-refractivity contribution in [3.05, 3.63) is 72.1 Å². The predicted molar refractivity (Wildman–Crippen MR) is 106 cm³/mol. The molecule has 3 rings (SSSR count). The Morgan fingerprint density at radius 3 is 2.63 bits per heavy atom. The van der Waals surface area contributed by atoms with Crippen LogP contribution in [0.1, 0.15) is 11.1 Å². The number of amides is 2. The first-order valence-corrected chi connectivity index (χ1v) is 9.19. The maximum Gasteiger partial charge on any atom is 0.319 e. The van der Waals surface area contributed by atoms with Crippen LogP contribution in [0.3, 0.4) is 0 Å². The van der Waals surface area contributed by atoms with Crippen molar-refractivity contribution in [2.24, 2.45) is 0 Å². The quantitative estimate of drug-likeness (QED) is 0.625. The number of nitrogens with one attached hydrogen (secondary N) is 2. The Labute approximate surface area is 162 Å². The van der Waals surface area contributed by atoms with E-state index in [1.54, 1.807) is 25.6 Å². The minimum Gasteiger partial charge on any atom is -0.496 e. The molecule has 3 aromatic rings. The highest BCUT2D eigenvalue weighted by Gasteiger charge is 2.08. The molecule has 0 saturated carbocycles. The lowest BCUT2D eigenvalue weighted by Gasteiger charge is -2.12. The molecule has 0 unspecified atom stereocenters. The van der Waals surface area contributed by atoms with Crippen LogP contribution in [0.25, 0.3) is 0 Å². The van der Waals surface area contributed by atoms with Gasteiger partial charge in [0.05, 0.1) is 7.11 Å². The Morgan fingerprint density at radius 2 is 1.89 bits per heavy atom. The van der Waals surface area contributed by atoms with Gasteiger partial charge in [-0.15, -0.1) is 0 Å². The molecule has 138 valence electrons. The third kappa shape index (κ3) is 5.21. The molecule has 1 aromatic heterocycles. The SMILES string of the molecule is COc1ccccc1CNC(=O)Nc1ccc(Sc2ncccn2)cc1C. The zero-order valence-corrected chi connectivity index (χ0v) is 15.9. The predicted octanol–water partition coefficient (Wildman–Crippen LogP) is 4.27. The van der Waals surface area contributed by atoms with Gasteiger partial charge in [0.25, 0.3) is 0 Å². The Hall–Kier alpha value is -3.06. The summed E-state index contributed by atoms with van der Waals surface area (Å²) < 4.78 is 5.29. The van der Waals surface area contributed by atoms with E-state index in [9.17, 15) is 4.79 Å². The van der Waals surface area contributed by atoms with Gasteiger partial charge >= 0.3 is 6.03 Å². The van der Waals surface area contributed by atoms with Gasteiger partial charge < -0.3 is 15.4 Å². The number of para-hydroxylation sites is 1. The molecule has 0 saturated heterocycles. The summed E-state index contributed by atoms with van der Waals surface area (Å²) in [4.78, 5) is 21.6. The highest BCUT2D eigenvalue weighted by molar-refractivity contribution is 7.99. The molecular formula is C20H20N4O2S. The number of urea groups is 1. The van der Waals surface area contributed by atoms with E-state index in [1.807, 2.05) is 49.4 Å². The van der Waals surface area contributed by atoms with Crippen molar-refractivity contribution in [1.82, 2.24) is 15.3 Å². The van der Waals surface area contributed by atoms with Gasteiger partial charge in [-0.1, -0.05) is 18.2 Å². The summed E-state index contributed by atoms with van der Waals surface area (Å²) in [6, 6.07) is 14.9. The average Bonchev–Trinajstić information content (AvgIpc) is 2.69. The van der Waals surface area contributed by atoms with E-state index < -0.39 is 0 Å². The van der Waals surface area contributed by atoms with Crippen LogP contribution >= 0.6 is 11.8 Å². The third-order valence-corrected chi connectivity index (χ3v) is 4.71. The number of nitrogens with zero attached hydrogens (tertiary/aromatic N) is 2. The third-order valence-electron chi connectivity index (χ3n) is 3.83. The average molecular weight is 380 g/mol. The first-order valence-electron chi connectivity index (χ1n) is 8.38. The topological polar surface area (TPSA) is 76.1 Å². The molecule has 0 fully saturated rings. The van der Waals surface area contributed by atoms with Crippen LogP contribution in [0.2, 0.25) is 0 Å². The summed E-state index contributed by atoms with van der Waals surface area (Å²) in [5.74, 6) is 0.749. The van der Waals surface area contributed by atoms with Crippen LogP contribution in [0.5, 0.6) is 5.75 Å². The van der Waals surface area contributed by atoms with Gasteiger partial charge in [0.2, 0.25) is 0 Å². The molecule has 2 N–H and O–H groups in total. The number of methoxy groups -OCH3 is 1. The molecule has 0 spiro atoms. The van der Waals surface area contributed by atoms with E-state index >= 15 is 0 Å². The molecule has 7 heteroatoms. The molecule has 0 aliphatic heterocycles. The van der Waals surface area contributed by atoms with Gasteiger partial charge in [-0.25, -0.2) is 14.8 Å². The lowest BCUT2D eigenvalue weighted by molar-refractivity contribution is 0.251. The summed E-state index contributed by atoms with van der Waals surface area (Å²) in [5.41, 5.74) is 2.63. The molecule has 27 heavy (non-hydrogen) atoms. The number of benzene rings is 2. The molecule has 0 radical (unpaired) electrons. The van der Waals surface area contributed by atoms with Gasteiger partial charge in [-0.05, 0) is 54.6 Å². The lowest BCUT2D eigenvalue weighted by atomic mass is 10.2. The molecule has 0 aliphatic carbocycles. The zero-order valence-electron chi connectivity index (χ0n) is 15.1. The second kappa shape index (κ2) is 9.05. The Morgan fingerprint density at radius 1 is 1.11 bits per heavy atom. The smallest absolute Gasteiger partial charge is 0.319 e. The molecule has 6 nitrogen and oxygen atoms in total. The van der Waals surface area contributed by atoms with Crippen LogP contribution in [-0.4, -0.2) is 23.1 Å². The fourth-order valence-electron chi connectivity index (χ4n) is 2.47. The molecule has 2 aromatic carbocycles. The number of carbonyl (C=O) groups is 1.